The molecule has 0 N–H and O–H groups in total. The standard InChI is InChI=1S/C44H28N2/c1-3-9-32-25-35(15-13-29(32)7-1)43-38-11-5-6-12-39(38)44(36-16-14-30-8-2-4-10-33(30)26-36)41-27-34(17-19-40(41)43)42-20-18-37(28-46-42)31-21-23-45-24-22-31/h1-28H. The van der Waals surface area contributed by atoms with Crippen LogP contribution in [0.25, 0.3) is 87.7 Å². The molecule has 0 radical (unpaired) electrons. The number of aromatic nitrogens is 2. The van der Waals surface area contributed by atoms with Gasteiger partial charge < -0.3 is 0 Å². The molecule has 214 valence electrons. The summed E-state index contributed by atoms with van der Waals surface area (Å²) in [6.45, 7) is 0. The van der Waals surface area contributed by atoms with Gasteiger partial charge in [-0.1, -0.05) is 115 Å². The summed E-state index contributed by atoms with van der Waals surface area (Å²) >= 11 is 0. The van der Waals surface area contributed by atoms with E-state index in [1.807, 2.05) is 30.7 Å². The van der Waals surface area contributed by atoms with E-state index in [1.165, 1.54) is 65.3 Å². The Balaban J connectivity index is 1.33. The maximum Gasteiger partial charge on any atom is 0.0702 e. The Bertz CT molecular complexity index is 2570. The van der Waals surface area contributed by atoms with Crippen molar-refractivity contribution >= 4 is 43.1 Å². The van der Waals surface area contributed by atoms with Gasteiger partial charge in [0.25, 0.3) is 0 Å². The van der Waals surface area contributed by atoms with Crippen molar-refractivity contribution in [2.24, 2.45) is 0 Å². The fourth-order valence-electron chi connectivity index (χ4n) is 6.93. The number of pyridine rings is 2. The zero-order valence-electron chi connectivity index (χ0n) is 25.1. The van der Waals surface area contributed by atoms with Crippen LogP contribution in [0.5, 0.6) is 0 Å². The lowest BCUT2D eigenvalue weighted by molar-refractivity contribution is 1.30. The molecule has 0 amide bonds. The molecule has 2 heteroatoms. The monoisotopic (exact) mass is 584 g/mol. The van der Waals surface area contributed by atoms with Gasteiger partial charge in [0.15, 0.2) is 0 Å². The van der Waals surface area contributed by atoms with Gasteiger partial charge in [0.2, 0.25) is 0 Å². The second-order valence-corrected chi connectivity index (χ2v) is 11.8. The molecule has 2 nitrogen and oxygen atoms in total. The van der Waals surface area contributed by atoms with Crippen LogP contribution in [0.4, 0.5) is 0 Å². The summed E-state index contributed by atoms with van der Waals surface area (Å²) in [7, 11) is 0. The van der Waals surface area contributed by atoms with E-state index in [-0.39, 0.29) is 0 Å². The summed E-state index contributed by atoms with van der Waals surface area (Å²) in [5, 5.41) is 9.91. The van der Waals surface area contributed by atoms with Crippen molar-refractivity contribution < 1.29 is 0 Å². The van der Waals surface area contributed by atoms with E-state index in [9.17, 15) is 0 Å². The molecule has 0 aliphatic heterocycles. The number of rotatable bonds is 4. The molecule has 0 spiro atoms. The van der Waals surface area contributed by atoms with Crippen molar-refractivity contribution in [3.8, 4) is 44.6 Å². The summed E-state index contributed by atoms with van der Waals surface area (Å²) in [5.74, 6) is 0. The summed E-state index contributed by atoms with van der Waals surface area (Å²) < 4.78 is 0. The first-order chi connectivity index (χ1) is 22.8. The zero-order valence-corrected chi connectivity index (χ0v) is 25.1. The van der Waals surface area contributed by atoms with Crippen LogP contribution in [0.2, 0.25) is 0 Å². The first kappa shape index (κ1) is 26.3. The van der Waals surface area contributed by atoms with Gasteiger partial charge >= 0.3 is 0 Å². The molecule has 0 saturated heterocycles. The van der Waals surface area contributed by atoms with Crippen molar-refractivity contribution in [2.45, 2.75) is 0 Å². The van der Waals surface area contributed by atoms with Gasteiger partial charge in [0.05, 0.1) is 5.69 Å². The fraction of sp³-hybridized carbons (Fsp3) is 0. The number of fused-ring (bicyclic) bond motifs is 4. The van der Waals surface area contributed by atoms with E-state index in [0.29, 0.717) is 0 Å². The number of benzene rings is 7. The van der Waals surface area contributed by atoms with Crippen LogP contribution < -0.4 is 0 Å². The Morgan fingerprint density at radius 3 is 1.46 bits per heavy atom. The van der Waals surface area contributed by atoms with Crippen LogP contribution in [-0.4, -0.2) is 9.97 Å². The predicted octanol–water partition coefficient (Wildman–Crippen LogP) is 11.8. The minimum Gasteiger partial charge on any atom is -0.265 e. The third-order valence-electron chi connectivity index (χ3n) is 9.17. The van der Waals surface area contributed by atoms with Gasteiger partial charge in [-0.15, -0.1) is 0 Å². The molecule has 46 heavy (non-hydrogen) atoms. The lowest BCUT2D eigenvalue weighted by Crippen LogP contribution is -1.93. The van der Waals surface area contributed by atoms with Crippen molar-refractivity contribution in [3.05, 3.63) is 170 Å². The minimum atomic E-state index is 0.949. The number of hydrogen-bond donors (Lipinski definition) is 0. The van der Waals surface area contributed by atoms with E-state index in [0.717, 1.165) is 22.4 Å². The number of hydrogen-bond acceptors (Lipinski definition) is 2. The molecule has 0 aliphatic carbocycles. The third-order valence-corrected chi connectivity index (χ3v) is 9.17. The quantitative estimate of drug-likeness (QED) is 0.192. The molecule has 7 aromatic carbocycles. The predicted molar refractivity (Wildman–Crippen MR) is 194 cm³/mol. The molecule has 2 aromatic heterocycles. The van der Waals surface area contributed by atoms with Crippen LogP contribution in [0.15, 0.2) is 170 Å². The second-order valence-electron chi connectivity index (χ2n) is 11.8. The van der Waals surface area contributed by atoms with Crippen molar-refractivity contribution in [3.63, 3.8) is 0 Å². The van der Waals surface area contributed by atoms with E-state index in [1.54, 1.807) is 0 Å². The van der Waals surface area contributed by atoms with Gasteiger partial charge in [0.1, 0.15) is 0 Å². The Morgan fingerprint density at radius 2 is 0.848 bits per heavy atom. The van der Waals surface area contributed by atoms with Crippen LogP contribution in [0.3, 0.4) is 0 Å². The fourth-order valence-corrected chi connectivity index (χ4v) is 6.93. The normalized spacial score (nSPS) is 11.5. The maximum absolute atomic E-state index is 4.93. The van der Waals surface area contributed by atoms with E-state index >= 15 is 0 Å². The van der Waals surface area contributed by atoms with Crippen LogP contribution in [-0.2, 0) is 0 Å². The van der Waals surface area contributed by atoms with Crippen molar-refractivity contribution in [1.82, 2.24) is 9.97 Å². The van der Waals surface area contributed by atoms with Crippen LogP contribution >= 0.6 is 0 Å². The highest BCUT2D eigenvalue weighted by molar-refractivity contribution is 6.22. The van der Waals surface area contributed by atoms with E-state index < -0.39 is 0 Å². The highest BCUT2D eigenvalue weighted by atomic mass is 14.7. The Kier molecular flexibility index (Phi) is 6.17. The molecule has 0 atom stereocenters. The molecule has 2 heterocycles. The molecular weight excluding hydrogens is 556 g/mol. The maximum atomic E-state index is 4.93. The highest BCUT2D eigenvalue weighted by Gasteiger charge is 2.18. The smallest absolute Gasteiger partial charge is 0.0702 e. The first-order valence-corrected chi connectivity index (χ1v) is 15.6. The SMILES string of the molecule is c1ccc2cc(-c3c4ccccc4c(-c4ccc5ccccc5c4)c4cc(-c5ccc(-c6ccncc6)cn5)ccc34)ccc2c1. The van der Waals surface area contributed by atoms with E-state index in [4.69, 9.17) is 4.98 Å². The molecule has 9 aromatic rings. The van der Waals surface area contributed by atoms with Gasteiger partial charge in [-0.3, -0.25) is 9.97 Å². The molecular formula is C44H28N2. The van der Waals surface area contributed by atoms with Gasteiger partial charge in [-0.25, -0.2) is 0 Å². The lowest BCUT2D eigenvalue weighted by Gasteiger charge is -2.19. The molecule has 9 rings (SSSR count). The highest BCUT2D eigenvalue weighted by Crippen LogP contribution is 2.45. The topological polar surface area (TPSA) is 25.8 Å². The van der Waals surface area contributed by atoms with E-state index in [2.05, 4.69) is 145 Å². The Morgan fingerprint density at radius 1 is 0.326 bits per heavy atom. The summed E-state index contributed by atoms with van der Waals surface area (Å²) in [4.78, 5) is 9.09. The third kappa shape index (κ3) is 4.43. The van der Waals surface area contributed by atoms with Gasteiger partial charge in [-0.2, -0.15) is 0 Å². The summed E-state index contributed by atoms with van der Waals surface area (Å²) in [6, 6.07) is 54.9. The molecule has 0 saturated carbocycles. The molecule has 0 bridgehead atoms. The van der Waals surface area contributed by atoms with Crippen molar-refractivity contribution in [2.75, 3.05) is 0 Å². The largest absolute Gasteiger partial charge is 0.265 e. The lowest BCUT2D eigenvalue weighted by atomic mass is 9.84. The average molecular weight is 585 g/mol. The Labute approximate surface area is 267 Å². The van der Waals surface area contributed by atoms with Crippen LogP contribution in [0, 0.1) is 0 Å². The van der Waals surface area contributed by atoms with Gasteiger partial charge in [0, 0.05) is 29.7 Å². The zero-order chi connectivity index (χ0) is 30.5. The first-order valence-electron chi connectivity index (χ1n) is 15.6. The Hall–Kier alpha value is -6.12. The molecule has 0 fully saturated rings. The van der Waals surface area contributed by atoms with Gasteiger partial charge in [-0.05, 0) is 107 Å². The van der Waals surface area contributed by atoms with Crippen LogP contribution in [0.1, 0.15) is 0 Å². The summed E-state index contributed by atoms with van der Waals surface area (Å²) in [5.41, 5.74) is 9.16. The molecule has 0 unspecified atom stereocenters. The van der Waals surface area contributed by atoms with Crippen molar-refractivity contribution in [1.29, 1.82) is 0 Å². The summed E-state index contributed by atoms with van der Waals surface area (Å²) in [6.07, 6.45) is 5.59. The number of nitrogens with zero attached hydrogens (tertiary/aromatic N) is 2. The molecule has 0 aliphatic rings. The average Bonchev–Trinajstić information content (AvgIpc) is 3.13. The second kappa shape index (κ2) is 10.8. The minimum absolute atomic E-state index is 0.949.